The fourth-order valence-corrected chi connectivity index (χ4v) is 9.21. The van der Waals surface area contributed by atoms with Crippen LogP contribution in [0.3, 0.4) is 0 Å². The molecule has 5 heteroatoms. The molecule has 1 N–H and O–H groups in total. The Morgan fingerprint density at radius 1 is 0.762 bits per heavy atom. The molecule has 0 aromatic carbocycles. The van der Waals surface area contributed by atoms with Gasteiger partial charge in [-0.3, -0.25) is 0 Å². The molecule has 0 fully saturated rings. The summed E-state index contributed by atoms with van der Waals surface area (Å²) in [6.07, 6.45) is 15.7. The topological polar surface area (TPSA) is 20.2 Å². The molecule has 0 aromatic rings. The van der Waals surface area contributed by atoms with Crippen molar-refractivity contribution < 1.29 is 4.89 Å². The lowest BCUT2D eigenvalue weighted by Crippen LogP contribution is -2.10. The van der Waals surface area contributed by atoms with Crippen LogP contribution in [0.25, 0.3) is 0 Å². The zero-order chi connectivity index (χ0) is 16.0. The average Bonchev–Trinajstić information content (AvgIpc) is 2.42. The first kappa shape index (κ1) is 22.3. The number of rotatable bonds is 15. The Balaban J connectivity index is 3.76. The molecule has 0 aliphatic heterocycles. The van der Waals surface area contributed by atoms with Gasteiger partial charge >= 0.3 is 4.67 Å². The maximum Gasteiger partial charge on any atom is 0.313 e. The van der Waals surface area contributed by atoms with Crippen LogP contribution in [-0.2, 0) is 22.3 Å². The van der Waals surface area contributed by atoms with Crippen LogP contribution in [0.1, 0.15) is 90.9 Å². The Kier molecular flexibility index (Phi) is 15.8. The van der Waals surface area contributed by atoms with Gasteiger partial charge in [-0.2, -0.15) is 0 Å². The van der Waals surface area contributed by atoms with Crippen molar-refractivity contribution in [1.29, 1.82) is 0 Å². The Hall–Kier alpha value is 1.31. The van der Waals surface area contributed by atoms with Crippen LogP contribution in [0, 0.1) is 0 Å². The minimum atomic E-state index is -2.34. The molecular weight excluding hydrogens is 335 g/mol. The zero-order valence-electron chi connectivity index (χ0n) is 14.1. The van der Waals surface area contributed by atoms with Crippen LogP contribution in [-0.4, -0.2) is 16.4 Å². The summed E-state index contributed by atoms with van der Waals surface area (Å²) in [4.78, 5) is 10.2. The highest BCUT2D eigenvalue weighted by molar-refractivity contribution is 8.93. The normalized spacial score (nSPS) is 14.5. The van der Waals surface area contributed by atoms with E-state index in [0.717, 1.165) is 11.5 Å². The van der Waals surface area contributed by atoms with Gasteiger partial charge in [-0.1, -0.05) is 77.5 Å². The van der Waals surface area contributed by atoms with Gasteiger partial charge in [-0.25, -0.2) is 0 Å². The van der Waals surface area contributed by atoms with Gasteiger partial charge < -0.3 is 4.89 Å². The molecule has 0 aliphatic rings. The Morgan fingerprint density at radius 3 is 1.43 bits per heavy atom. The van der Waals surface area contributed by atoms with E-state index in [9.17, 15) is 4.89 Å². The molecule has 0 aliphatic carbocycles. The van der Waals surface area contributed by atoms with E-state index in [1.807, 2.05) is 0 Å². The fraction of sp³-hybridized carbons (Fsp3) is 1.00. The van der Waals surface area contributed by atoms with Crippen molar-refractivity contribution in [1.82, 2.24) is 0 Å². The summed E-state index contributed by atoms with van der Waals surface area (Å²) in [7, 11) is -0.0105. The van der Waals surface area contributed by atoms with Crippen molar-refractivity contribution in [3.63, 3.8) is 0 Å². The Labute approximate surface area is 146 Å². The van der Waals surface area contributed by atoms with Gasteiger partial charge in [0.1, 0.15) is 11.5 Å². The summed E-state index contributed by atoms with van der Waals surface area (Å²) < 4.78 is -2.34. The second kappa shape index (κ2) is 14.9. The molecule has 1 nitrogen and oxygen atoms in total. The molecule has 0 spiro atoms. The lowest BCUT2D eigenvalue weighted by molar-refractivity contribution is 0.622. The van der Waals surface area contributed by atoms with Gasteiger partial charge in [-0.05, 0) is 37.5 Å². The van der Waals surface area contributed by atoms with Crippen LogP contribution >= 0.6 is 16.9 Å². The van der Waals surface area contributed by atoms with Crippen molar-refractivity contribution in [3.05, 3.63) is 0 Å². The lowest BCUT2D eigenvalue weighted by atomic mass is 10.1. The first-order chi connectivity index (χ1) is 10.0. The third-order valence-electron chi connectivity index (χ3n) is 3.80. The number of hydrogen-bond donors (Lipinski definition) is 2. The molecule has 0 heterocycles. The summed E-state index contributed by atoms with van der Waals surface area (Å²) in [6, 6.07) is 0. The van der Waals surface area contributed by atoms with E-state index < -0.39 is 4.67 Å². The summed E-state index contributed by atoms with van der Waals surface area (Å²) in [5.74, 6) is 2.22. The molecule has 0 rings (SSSR count). The summed E-state index contributed by atoms with van der Waals surface area (Å²) in [6.45, 7) is 4.50. The minimum absolute atomic E-state index is 0.0105. The Bertz CT molecular complexity index is 252. The second-order valence-corrected chi connectivity index (χ2v) is 17.4. The van der Waals surface area contributed by atoms with Crippen molar-refractivity contribution in [2.45, 2.75) is 90.9 Å². The number of unbranched alkanes of at least 4 members (excludes halogenated alkanes) is 10. The summed E-state index contributed by atoms with van der Waals surface area (Å²) in [5, 5.41) is 0. The summed E-state index contributed by atoms with van der Waals surface area (Å²) in [5.41, 5.74) is 0. The van der Waals surface area contributed by atoms with E-state index in [4.69, 9.17) is 11.8 Å². The van der Waals surface area contributed by atoms with Gasteiger partial charge in [0.05, 0.1) is 0 Å². The van der Waals surface area contributed by atoms with E-state index in [2.05, 4.69) is 26.1 Å². The highest BCUT2D eigenvalue weighted by Gasteiger charge is 2.31. The molecule has 1 unspecified atom stereocenters. The van der Waals surface area contributed by atoms with Gasteiger partial charge in [0.2, 0.25) is 0 Å². The first-order valence-electron chi connectivity index (χ1n) is 8.76. The van der Waals surface area contributed by atoms with Crippen LogP contribution in [0.15, 0.2) is 0 Å². The number of thiol groups is 1. The SMILES string of the molecule is CCCCCCCC[S+](CCCCCCCC)P(O)(=S)S. The number of hydrogen-bond acceptors (Lipinski definition) is 1. The highest BCUT2D eigenvalue weighted by atomic mass is 33.2. The van der Waals surface area contributed by atoms with Crippen LogP contribution in [0.2, 0.25) is 0 Å². The third kappa shape index (κ3) is 14.6. The van der Waals surface area contributed by atoms with E-state index in [-0.39, 0.29) is 10.5 Å². The predicted molar refractivity (Wildman–Crippen MR) is 109 cm³/mol. The minimum Gasteiger partial charge on any atom is -0.320 e. The van der Waals surface area contributed by atoms with E-state index in [1.54, 1.807) is 0 Å². The van der Waals surface area contributed by atoms with Gasteiger partial charge in [0, 0.05) is 10.5 Å². The molecule has 0 aromatic heterocycles. The molecule has 0 saturated heterocycles. The van der Waals surface area contributed by atoms with Crippen LogP contribution in [0.4, 0.5) is 0 Å². The maximum atomic E-state index is 10.2. The molecule has 0 amide bonds. The molecule has 0 saturated carbocycles. The lowest BCUT2D eigenvalue weighted by Gasteiger charge is -2.13. The van der Waals surface area contributed by atoms with Crippen molar-refractivity contribution >= 4 is 39.2 Å². The van der Waals surface area contributed by atoms with Gasteiger partial charge in [0.25, 0.3) is 0 Å². The predicted octanol–water partition coefficient (Wildman–Crippen LogP) is 6.47. The van der Waals surface area contributed by atoms with Crippen molar-refractivity contribution in [2.75, 3.05) is 11.5 Å². The highest BCUT2D eigenvalue weighted by Crippen LogP contribution is 2.55. The quantitative estimate of drug-likeness (QED) is 0.149. The summed E-state index contributed by atoms with van der Waals surface area (Å²) >= 11 is 9.65. The molecule has 0 radical (unpaired) electrons. The third-order valence-corrected chi connectivity index (χ3v) is 13.1. The van der Waals surface area contributed by atoms with E-state index in [1.165, 1.54) is 77.0 Å². The van der Waals surface area contributed by atoms with Crippen LogP contribution < -0.4 is 0 Å². The van der Waals surface area contributed by atoms with Gasteiger partial charge in [0.15, 0.2) is 0 Å². The molecule has 21 heavy (non-hydrogen) atoms. The molecule has 0 bridgehead atoms. The smallest absolute Gasteiger partial charge is 0.313 e. The zero-order valence-corrected chi connectivity index (χ0v) is 17.5. The standard InChI is InChI=1S/C16H35OPS3/c1-3-5-7-9-11-13-15-21(18(17,19)20)16-14-12-10-8-6-4-2/h3-16H2,1-2H3,(H-,17,19,20)/p+1. The van der Waals surface area contributed by atoms with Crippen molar-refractivity contribution in [3.8, 4) is 0 Å². The first-order valence-corrected chi connectivity index (χ1v) is 14.8. The monoisotopic (exact) mass is 371 g/mol. The Morgan fingerprint density at radius 2 is 1.10 bits per heavy atom. The van der Waals surface area contributed by atoms with Crippen LogP contribution in [0.5, 0.6) is 0 Å². The largest absolute Gasteiger partial charge is 0.320 e. The molecular formula is C16H36OPS3+. The fourth-order valence-electron chi connectivity index (χ4n) is 2.44. The van der Waals surface area contributed by atoms with E-state index >= 15 is 0 Å². The van der Waals surface area contributed by atoms with Gasteiger partial charge in [-0.15, -0.1) is 0 Å². The maximum absolute atomic E-state index is 10.2. The molecule has 128 valence electrons. The second-order valence-electron chi connectivity index (χ2n) is 5.90. The molecule has 1 atom stereocenters. The average molecular weight is 372 g/mol. The van der Waals surface area contributed by atoms with Crippen molar-refractivity contribution in [2.24, 2.45) is 0 Å². The van der Waals surface area contributed by atoms with E-state index in [0.29, 0.717) is 0 Å².